The molecule has 0 aliphatic heterocycles. The van der Waals surface area contributed by atoms with Crippen molar-refractivity contribution >= 4 is 6.08 Å². The Labute approximate surface area is 74.9 Å². The highest BCUT2D eigenvalue weighted by Crippen LogP contribution is 2.11. The molecule has 1 rings (SSSR count). The lowest BCUT2D eigenvalue weighted by molar-refractivity contribution is 1.23. The second-order valence-corrected chi connectivity index (χ2v) is 3.15. The molecule has 1 aromatic carbocycles. The van der Waals surface area contributed by atoms with Crippen LogP contribution < -0.4 is 0 Å². The predicted octanol–water partition coefficient (Wildman–Crippen LogP) is 3.73. The monoisotopic (exact) mass is 160 g/mol. The van der Waals surface area contributed by atoms with Gasteiger partial charge in [0.2, 0.25) is 0 Å². The van der Waals surface area contributed by atoms with E-state index in [1.54, 1.807) is 0 Å². The summed E-state index contributed by atoms with van der Waals surface area (Å²) >= 11 is 0. The summed E-state index contributed by atoms with van der Waals surface area (Å²) < 4.78 is 0. The molecule has 0 unspecified atom stereocenters. The summed E-state index contributed by atoms with van der Waals surface area (Å²) in [6, 6.07) is 6.56. The maximum Gasteiger partial charge on any atom is -0.0257 e. The molecule has 0 saturated heterocycles. The average molecular weight is 160 g/mol. The van der Waals surface area contributed by atoms with Gasteiger partial charge in [-0.05, 0) is 37.0 Å². The molecule has 0 spiro atoms. The van der Waals surface area contributed by atoms with Gasteiger partial charge in [-0.1, -0.05) is 37.3 Å². The summed E-state index contributed by atoms with van der Waals surface area (Å²) in [5.41, 5.74) is 4.04. The maximum atomic E-state index is 2.22. The molecule has 0 nitrogen and oxygen atoms in total. The highest BCUT2D eigenvalue weighted by atomic mass is 14.0. The van der Waals surface area contributed by atoms with Crippen LogP contribution in [0.2, 0.25) is 0 Å². The van der Waals surface area contributed by atoms with Crippen molar-refractivity contribution in [2.75, 3.05) is 0 Å². The summed E-state index contributed by atoms with van der Waals surface area (Å²) in [6.07, 6.45) is 5.46. The van der Waals surface area contributed by atoms with Gasteiger partial charge in [-0.3, -0.25) is 0 Å². The van der Waals surface area contributed by atoms with Crippen molar-refractivity contribution < 1.29 is 0 Å². The van der Waals surface area contributed by atoms with Crippen LogP contribution in [0.1, 0.15) is 30.0 Å². The number of hydrogen-bond donors (Lipinski definition) is 0. The maximum absolute atomic E-state index is 2.22. The van der Waals surface area contributed by atoms with Crippen LogP contribution in [0.15, 0.2) is 24.3 Å². The molecule has 0 aliphatic carbocycles. The minimum atomic E-state index is 1.10. The van der Waals surface area contributed by atoms with Gasteiger partial charge in [0.25, 0.3) is 0 Å². The normalized spacial score (nSPS) is 10.9. The summed E-state index contributed by atoms with van der Waals surface area (Å²) in [5, 5.41) is 0. The largest absolute Gasteiger partial charge is 0.0842 e. The van der Waals surface area contributed by atoms with Crippen LogP contribution in [0.4, 0.5) is 0 Å². The molecule has 0 aliphatic rings. The van der Waals surface area contributed by atoms with E-state index in [1.807, 2.05) is 0 Å². The van der Waals surface area contributed by atoms with E-state index in [9.17, 15) is 0 Å². The van der Waals surface area contributed by atoms with Gasteiger partial charge in [0.1, 0.15) is 0 Å². The van der Waals surface area contributed by atoms with Crippen LogP contribution >= 0.6 is 0 Å². The molecule has 0 atom stereocenters. The fraction of sp³-hybridized carbons (Fsp3) is 0.333. The lowest BCUT2D eigenvalue weighted by Crippen LogP contribution is -1.80. The van der Waals surface area contributed by atoms with E-state index >= 15 is 0 Å². The molecule has 1 aromatic rings. The van der Waals surface area contributed by atoms with Crippen molar-refractivity contribution in [3.8, 4) is 0 Å². The Morgan fingerprint density at radius 2 is 1.92 bits per heavy atom. The van der Waals surface area contributed by atoms with Crippen LogP contribution in [-0.2, 0) is 0 Å². The third-order valence-electron chi connectivity index (χ3n) is 2.08. The second kappa shape index (κ2) is 4.10. The van der Waals surface area contributed by atoms with Crippen molar-refractivity contribution in [2.45, 2.75) is 27.2 Å². The Morgan fingerprint density at radius 3 is 2.50 bits per heavy atom. The zero-order chi connectivity index (χ0) is 8.97. The fourth-order valence-electron chi connectivity index (χ4n) is 1.12. The molecular weight excluding hydrogens is 144 g/mol. The van der Waals surface area contributed by atoms with E-state index in [2.05, 4.69) is 51.1 Å². The van der Waals surface area contributed by atoms with Gasteiger partial charge in [-0.15, -0.1) is 0 Å². The number of hydrogen-bond acceptors (Lipinski definition) is 0. The number of allylic oxidation sites excluding steroid dienone is 1. The van der Waals surface area contributed by atoms with Crippen LogP contribution in [0.25, 0.3) is 6.08 Å². The zero-order valence-corrected chi connectivity index (χ0v) is 8.09. The van der Waals surface area contributed by atoms with Crippen LogP contribution in [0.5, 0.6) is 0 Å². The summed E-state index contributed by atoms with van der Waals surface area (Å²) in [5.74, 6) is 0. The summed E-state index contributed by atoms with van der Waals surface area (Å²) in [6.45, 7) is 6.44. The third kappa shape index (κ3) is 2.23. The average Bonchev–Trinajstić information content (AvgIpc) is 2.07. The Bertz CT molecular complexity index is 282. The topological polar surface area (TPSA) is 0 Å². The first-order chi connectivity index (χ1) is 5.74. The van der Waals surface area contributed by atoms with E-state index in [0.717, 1.165) is 6.42 Å². The molecule has 0 aromatic heterocycles. The van der Waals surface area contributed by atoms with Crippen molar-refractivity contribution in [1.29, 1.82) is 0 Å². The van der Waals surface area contributed by atoms with Crippen LogP contribution in [0, 0.1) is 13.8 Å². The smallest absolute Gasteiger partial charge is 0.0257 e. The molecule has 0 radical (unpaired) electrons. The minimum Gasteiger partial charge on any atom is -0.0842 e. The molecule has 0 N–H and O–H groups in total. The first-order valence-corrected chi connectivity index (χ1v) is 4.48. The first-order valence-electron chi connectivity index (χ1n) is 4.48. The second-order valence-electron chi connectivity index (χ2n) is 3.15. The standard InChI is InChI=1S/C12H16/c1-4-5-6-12-8-7-10(2)11(3)9-12/h5-9H,4H2,1-3H3. The van der Waals surface area contributed by atoms with E-state index in [1.165, 1.54) is 16.7 Å². The minimum absolute atomic E-state index is 1.10. The predicted molar refractivity (Wildman–Crippen MR) is 55.2 cm³/mol. The fourth-order valence-corrected chi connectivity index (χ4v) is 1.12. The van der Waals surface area contributed by atoms with Crippen molar-refractivity contribution in [3.05, 3.63) is 41.0 Å². The number of aryl methyl sites for hydroxylation is 2. The van der Waals surface area contributed by atoms with Gasteiger partial charge < -0.3 is 0 Å². The molecule has 12 heavy (non-hydrogen) atoms. The van der Waals surface area contributed by atoms with Crippen molar-refractivity contribution in [3.63, 3.8) is 0 Å². The highest BCUT2D eigenvalue weighted by molar-refractivity contribution is 5.51. The Balaban J connectivity index is 2.89. The van der Waals surface area contributed by atoms with Gasteiger partial charge in [0, 0.05) is 0 Å². The molecule has 0 heteroatoms. The molecule has 0 amide bonds. The molecule has 64 valence electrons. The lowest BCUT2D eigenvalue weighted by Gasteiger charge is -2.00. The molecule has 0 heterocycles. The van der Waals surface area contributed by atoms with Crippen LogP contribution in [-0.4, -0.2) is 0 Å². The van der Waals surface area contributed by atoms with Crippen molar-refractivity contribution in [1.82, 2.24) is 0 Å². The van der Waals surface area contributed by atoms with E-state index < -0.39 is 0 Å². The number of benzene rings is 1. The van der Waals surface area contributed by atoms with Gasteiger partial charge in [0.05, 0.1) is 0 Å². The van der Waals surface area contributed by atoms with Crippen LogP contribution in [0.3, 0.4) is 0 Å². The van der Waals surface area contributed by atoms with E-state index in [-0.39, 0.29) is 0 Å². The molecule has 0 bridgehead atoms. The van der Waals surface area contributed by atoms with Gasteiger partial charge >= 0.3 is 0 Å². The quantitative estimate of drug-likeness (QED) is 0.618. The summed E-state index contributed by atoms with van der Waals surface area (Å²) in [7, 11) is 0. The Hall–Kier alpha value is -1.04. The Morgan fingerprint density at radius 1 is 1.17 bits per heavy atom. The number of rotatable bonds is 2. The SMILES string of the molecule is CCC=Cc1ccc(C)c(C)c1. The summed E-state index contributed by atoms with van der Waals surface area (Å²) in [4.78, 5) is 0. The van der Waals surface area contributed by atoms with Gasteiger partial charge in [-0.2, -0.15) is 0 Å². The molecule has 0 saturated carbocycles. The van der Waals surface area contributed by atoms with Gasteiger partial charge in [0.15, 0.2) is 0 Å². The van der Waals surface area contributed by atoms with Crippen molar-refractivity contribution in [2.24, 2.45) is 0 Å². The van der Waals surface area contributed by atoms with E-state index in [0.29, 0.717) is 0 Å². The third-order valence-corrected chi connectivity index (χ3v) is 2.08. The lowest BCUT2D eigenvalue weighted by atomic mass is 10.1. The Kier molecular flexibility index (Phi) is 3.09. The van der Waals surface area contributed by atoms with E-state index in [4.69, 9.17) is 0 Å². The highest BCUT2D eigenvalue weighted by Gasteiger charge is 1.91. The zero-order valence-electron chi connectivity index (χ0n) is 8.09. The first kappa shape index (κ1) is 9.05. The molecular formula is C12H16. The molecule has 0 fully saturated rings. The van der Waals surface area contributed by atoms with Gasteiger partial charge in [-0.25, -0.2) is 0 Å².